The SMILES string of the molecule is CC.CC.CC.CCCCC(C)C1CCC2C3C(CC)CC(CC)C(C)(CCC)C3CCC12C. The van der Waals surface area contributed by atoms with Crippen molar-refractivity contribution in [2.75, 3.05) is 0 Å². The molecule has 3 aliphatic rings. The monoisotopic (exact) mass is 479 g/mol. The van der Waals surface area contributed by atoms with Gasteiger partial charge in [0.1, 0.15) is 0 Å². The van der Waals surface area contributed by atoms with Crippen LogP contribution in [-0.2, 0) is 0 Å². The van der Waals surface area contributed by atoms with Gasteiger partial charge < -0.3 is 0 Å². The molecular weight excluding hydrogens is 408 g/mol. The largest absolute Gasteiger partial charge is 0.0683 e. The summed E-state index contributed by atoms with van der Waals surface area (Å²) in [6, 6.07) is 0. The highest BCUT2D eigenvalue weighted by atomic mass is 14.7. The Morgan fingerprint density at radius 1 is 0.765 bits per heavy atom. The second-order valence-corrected chi connectivity index (χ2v) is 11.9. The highest BCUT2D eigenvalue weighted by Crippen LogP contribution is 2.69. The highest BCUT2D eigenvalue weighted by molar-refractivity contribution is 5.10. The van der Waals surface area contributed by atoms with Crippen molar-refractivity contribution < 1.29 is 0 Å². The summed E-state index contributed by atoms with van der Waals surface area (Å²) >= 11 is 0. The molecule has 0 aromatic heterocycles. The van der Waals surface area contributed by atoms with Crippen LogP contribution >= 0.6 is 0 Å². The highest BCUT2D eigenvalue weighted by Gasteiger charge is 2.61. The smallest absolute Gasteiger partial charge is 0.0264 e. The van der Waals surface area contributed by atoms with Gasteiger partial charge in [0.25, 0.3) is 0 Å². The molecule has 3 saturated carbocycles. The quantitative estimate of drug-likeness (QED) is 0.325. The van der Waals surface area contributed by atoms with Crippen LogP contribution in [0.3, 0.4) is 0 Å². The molecule has 0 radical (unpaired) electrons. The Labute approximate surface area is 219 Å². The van der Waals surface area contributed by atoms with Crippen molar-refractivity contribution in [2.45, 2.75) is 167 Å². The topological polar surface area (TPSA) is 0 Å². The maximum absolute atomic E-state index is 2.75. The zero-order valence-electron chi connectivity index (χ0n) is 26.5. The number of hydrogen-bond donors (Lipinski definition) is 0. The Morgan fingerprint density at radius 2 is 1.38 bits per heavy atom. The van der Waals surface area contributed by atoms with E-state index >= 15 is 0 Å². The summed E-state index contributed by atoms with van der Waals surface area (Å²) in [5, 5.41) is 0. The summed E-state index contributed by atoms with van der Waals surface area (Å²) in [6.45, 7) is 29.9. The molecule has 9 atom stereocenters. The van der Waals surface area contributed by atoms with Gasteiger partial charge >= 0.3 is 0 Å². The summed E-state index contributed by atoms with van der Waals surface area (Å²) < 4.78 is 0. The first-order chi connectivity index (χ1) is 16.4. The van der Waals surface area contributed by atoms with Crippen LogP contribution in [0.5, 0.6) is 0 Å². The third-order valence-corrected chi connectivity index (χ3v) is 10.8. The molecule has 34 heavy (non-hydrogen) atoms. The van der Waals surface area contributed by atoms with E-state index in [9.17, 15) is 0 Å². The lowest BCUT2D eigenvalue weighted by Gasteiger charge is -2.62. The zero-order chi connectivity index (χ0) is 26.5. The van der Waals surface area contributed by atoms with Gasteiger partial charge in [-0.05, 0) is 90.8 Å². The lowest BCUT2D eigenvalue weighted by atomic mass is 9.43. The maximum atomic E-state index is 2.75. The first-order valence-electron chi connectivity index (χ1n) is 16.4. The van der Waals surface area contributed by atoms with E-state index in [1.807, 2.05) is 41.5 Å². The van der Waals surface area contributed by atoms with Gasteiger partial charge in [-0.1, -0.05) is 129 Å². The maximum Gasteiger partial charge on any atom is -0.0264 e. The molecule has 0 bridgehead atoms. The lowest BCUT2D eigenvalue weighted by molar-refractivity contribution is -0.133. The molecule has 0 N–H and O–H groups in total. The van der Waals surface area contributed by atoms with E-state index in [0.29, 0.717) is 10.8 Å². The van der Waals surface area contributed by atoms with Gasteiger partial charge in [0.15, 0.2) is 0 Å². The fourth-order valence-electron chi connectivity index (χ4n) is 9.42. The van der Waals surface area contributed by atoms with Gasteiger partial charge in [-0.15, -0.1) is 0 Å². The van der Waals surface area contributed by atoms with Gasteiger partial charge in [-0.2, -0.15) is 0 Å². The van der Waals surface area contributed by atoms with Crippen LogP contribution in [0.2, 0.25) is 0 Å². The molecule has 9 unspecified atom stereocenters. The van der Waals surface area contributed by atoms with E-state index in [4.69, 9.17) is 0 Å². The van der Waals surface area contributed by atoms with Crippen LogP contribution in [0.4, 0.5) is 0 Å². The predicted octanol–water partition coefficient (Wildman–Crippen LogP) is 12.2. The summed E-state index contributed by atoms with van der Waals surface area (Å²) in [7, 11) is 0. The Kier molecular flexibility index (Phi) is 16.7. The average Bonchev–Trinajstić information content (AvgIpc) is 3.24. The second kappa shape index (κ2) is 16.7. The molecule has 0 nitrogen and oxygen atoms in total. The van der Waals surface area contributed by atoms with Crippen molar-refractivity contribution in [3.8, 4) is 0 Å². The minimum atomic E-state index is 0.618. The molecule has 0 aromatic rings. The van der Waals surface area contributed by atoms with Crippen LogP contribution < -0.4 is 0 Å². The van der Waals surface area contributed by atoms with Crippen molar-refractivity contribution in [1.82, 2.24) is 0 Å². The summed E-state index contributed by atoms with van der Waals surface area (Å²) in [4.78, 5) is 0. The van der Waals surface area contributed by atoms with Gasteiger partial charge in [0.05, 0.1) is 0 Å². The van der Waals surface area contributed by atoms with Crippen molar-refractivity contribution in [3.63, 3.8) is 0 Å². The number of fused-ring (bicyclic) bond motifs is 3. The first kappa shape index (κ1) is 34.0. The van der Waals surface area contributed by atoms with E-state index in [0.717, 1.165) is 41.4 Å². The Hall–Kier alpha value is 0. The molecule has 3 aliphatic carbocycles. The fourth-order valence-corrected chi connectivity index (χ4v) is 9.42. The zero-order valence-corrected chi connectivity index (χ0v) is 26.5. The Morgan fingerprint density at radius 3 is 1.88 bits per heavy atom. The Bertz CT molecular complexity index is 494. The molecule has 0 amide bonds. The van der Waals surface area contributed by atoms with Crippen molar-refractivity contribution in [3.05, 3.63) is 0 Å². The minimum absolute atomic E-state index is 0.618. The minimum Gasteiger partial charge on any atom is -0.0683 e. The van der Waals surface area contributed by atoms with E-state index < -0.39 is 0 Å². The molecule has 0 saturated heterocycles. The van der Waals surface area contributed by atoms with Gasteiger partial charge in [0, 0.05) is 0 Å². The number of hydrogen-bond acceptors (Lipinski definition) is 0. The van der Waals surface area contributed by atoms with Crippen molar-refractivity contribution >= 4 is 0 Å². The summed E-state index contributed by atoms with van der Waals surface area (Å²) in [5.74, 6) is 7.01. The van der Waals surface area contributed by atoms with E-state index in [-0.39, 0.29) is 0 Å². The van der Waals surface area contributed by atoms with Crippen LogP contribution in [0.15, 0.2) is 0 Å². The van der Waals surface area contributed by atoms with Crippen LogP contribution in [0, 0.1) is 52.3 Å². The van der Waals surface area contributed by atoms with Gasteiger partial charge in [0.2, 0.25) is 0 Å². The molecule has 3 fully saturated rings. The number of unbranched alkanes of at least 4 members (excludes halogenated alkanes) is 1. The standard InChI is InChI=1S/C28H52.3C2H6/c1-8-12-13-20(5)23-14-15-24-26-21(10-3)19-22(11-4)27(6,17-9-2)25(26)16-18-28(23,24)7;3*1-2/h20-26H,8-19H2,1-7H3;3*1-2H3. The van der Waals surface area contributed by atoms with Crippen LogP contribution in [0.1, 0.15) is 167 Å². The summed E-state index contributed by atoms with van der Waals surface area (Å²) in [5.41, 5.74) is 1.26. The van der Waals surface area contributed by atoms with Gasteiger partial charge in [-0.25, -0.2) is 0 Å². The molecule has 0 spiro atoms. The molecule has 0 heterocycles. The van der Waals surface area contributed by atoms with Crippen LogP contribution in [-0.4, -0.2) is 0 Å². The second-order valence-electron chi connectivity index (χ2n) is 11.9. The Balaban J connectivity index is 0.00000168. The van der Waals surface area contributed by atoms with Crippen molar-refractivity contribution in [2.24, 2.45) is 52.3 Å². The van der Waals surface area contributed by atoms with Gasteiger partial charge in [-0.3, -0.25) is 0 Å². The van der Waals surface area contributed by atoms with E-state index in [1.165, 1.54) is 70.6 Å². The third kappa shape index (κ3) is 6.85. The van der Waals surface area contributed by atoms with Crippen LogP contribution in [0.25, 0.3) is 0 Å². The molecule has 0 aliphatic heterocycles. The third-order valence-electron chi connectivity index (χ3n) is 10.8. The molecule has 3 rings (SSSR count). The normalized spacial score (nSPS) is 39.1. The molecular formula is C34H70. The first-order valence-corrected chi connectivity index (χ1v) is 16.4. The fraction of sp³-hybridized carbons (Fsp3) is 1.00. The molecule has 0 heteroatoms. The van der Waals surface area contributed by atoms with E-state index in [2.05, 4.69) is 48.5 Å². The van der Waals surface area contributed by atoms with Crippen molar-refractivity contribution in [1.29, 1.82) is 0 Å². The summed E-state index contributed by atoms with van der Waals surface area (Å²) in [6.07, 6.45) is 17.7. The van der Waals surface area contributed by atoms with E-state index in [1.54, 1.807) is 6.42 Å². The number of rotatable bonds is 8. The average molecular weight is 479 g/mol. The predicted molar refractivity (Wildman–Crippen MR) is 158 cm³/mol. The molecule has 0 aromatic carbocycles. The molecule has 206 valence electrons. The lowest BCUT2D eigenvalue weighted by Crippen LogP contribution is -2.55.